The normalized spacial score (nSPS) is 14.2. The molecule has 2 aromatic heterocycles. The molecule has 0 unspecified atom stereocenters. The summed E-state index contributed by atoms with van der Waals surface area (Å²) < 4.78 is 0. The number of nitrogens with one attached hydrogen (secondary N) is 2. The predicted molar refractivity (Wildman–Crippen MR) is 115 cm³/mol. The lowest BCUT2D eigenvalue weighted by molar-refractivity contribution is 0.239. The molecule has 0 saturated carbocycles. The van der Waals surface area contributed by atoms with Crippen molar-refractivity contribution < 1.29 is 0 Å². The minimum Gasteiger partial charge on any atom is -0.344 e. The predicted octanol–water partition coefficient (Wildman–Crippen LogP) is 4.37. The lowest BCUT2D eigenvalue weighted by Gasteiger charge is -2.27. The first-order valence-electron chi connectivity index (χ1n) is 9.87. The molecule has 8 heteroatoms. The standard InChI is InChI=1S/C21H23Cl2N5O/c1-2-3-4-18-24-17(19(23)26-18)12-28-10-9-16-15(11-28)21(29)27-20(25-16)13-5-7-14(22)8-6-13/h5-8H,2-4,9-12H2,1H3,(H,24,26)(H,25,27,29). The monoisotopic (exact) mass is 431 g/mol. The third-order valence-corrected chi connectivity index (χ3v) is 5.76. The highest BCUT2D eigenvalue weighted by atomic mass is 35.5. The van der Waals surface area contributed by atoms with E-state index in [1.165, 1.54) is 0 Å². The van der Waals surface area contributed by atoms with Crippen molar-refractivity contribution in [3.63, 3.8) is 0 Å². The van der Waals surface area contributed by atoms with Crippen molar-refractivity contribution in [3.8, 4) is 11.4 Å². The van der Waals surface area contributed by atoms with Crippen LogP contribution in [0.4, 0.5) is 0 Å². The van der Waals surface area contributed by atoms with Crippen LogP contribution >= 0.6 is 23.2 Å². The number of hydrogen-bond donors (Lipinski definition) is 2. The number of H-pyrrole nitrogens is 2. The van der Waals surface area contributed by atoms with Gasteiger partial charge in [0.05, 0.1) is 17.0 Å². The lowest BCUT2D eigenvalue weighted by atomic mass is 10.1. The van der Waals surface area contributed by atoms with Crippen LogP contribution in [0.15, 0.2) is 29.1 Å². The van der Waals surface area contributed by atoms with Crippen LogP contribution in [0.2, 0.25) is 10.2 Å². The molecule has 0 atom stereocenters. The van der Waals surface area contributed by atoms with Gasteiger partial charge in [0.15, 0.2) is 5.15 Å². The van der Waals surface area contributed by atoms with Gasteiger partial charge in [-0.25, -0.2) is 9.97 Å². The fourth-order valence-corrected chi connectivity index (χ4v) is 3.93. The lowest BCUT2D eigenvalue weighted by Crippen LogP contribution is -2.35. The molecule has 3 heterocycles. The van der Waals surface area contributed by atoms with Gasteiger partial charge in [0, 0.05) is 43.1 Å². The number of imidazole rings is 1. The number of hydrogen-bond acceptors (Lipinski definition) is 4. The summed E-state index contributed by atoms with van der Waals surface area (Å²) in [4.78, 5) is 30.3. The molecule has 0 bridgehead atoms. The van der Waals surface area contributed by atoms with E-state index in [0.717, 1.165) is 54.1 Å². The molecular formula is C21H23Cl2N5O. The Bertz CT molecular complexity index is 1060. The highest BCUT2D eigenvalue weighted by molar-refractivity contribution is 6.30. The molecule has 6 nitrogen and oxygen atoms in total. The molecule has 1 aliphatic heterocycles. The zero-order valence-corrected chi connectivity index (χ0v) is 17.8. The van der Waals surface area contributed by atoms with Gasteiger partial charge < -0.3 is 9.97 Å². The van der Waals surface area contributed by atoms with Gasteiger partial charge in [-0.15, -0.1) is 0 Å². The third-order valence-electron chi connectivity index (χ3n) is 5.19. The first-order chi connectivity index (χ1) is 14.0. The van der Waals surface area contributed by atoms with E-state index in [1.807, 2.05) is 12.1 Å². The fourth-order valence-electron chi connectivity index (χ4n) is 3.59. The van der Waals surface area contributed by atoms with Gasteiger partial charge in [-0.3, -0.25) is 9.69 Å². The molecule has 2 N–H and O–H groups in total. The molecule has 29 heavy (non-hydrogen) atoms. The van der Waals surface area contributed by atoms with Crippen molar-refractivity contribution in [2.24, 2.45) is 0 Å². The summed E-state index contributed by atoms with van der Waals surface area (Å²) in [7, 11) is 0. The molecule has 4 rings (SSSR count). The van der Waals surface area contributed by atoms with E-state index in [-0.39, 0.29) is 5.56 Å². The number of benzene rings is 1. The average Bonchev–Trinajstić information content (AvgIpc) is 3.06. The highest BCUT2D eigenvalue weighted by Gasteiger charge is 2.23. The van der Waals surface area contributed by atoms with E-state index in [0.29, 0.717) is 35.5 Å². The summed E-state index contributed by atoms with van der Waals surface area (Å²) >= 11 is 12.3. The molecule has 3 aromatic rings. The molecule has 0 radical (unpaired) electrons. The molecule has 0 amide bonds. The molecule has 1 aliphatic rings. The van der Waals surface area contributed by atoms with Crippen molar-refractivity contribution >= 4 is 23.2 Å². The van der Waals surface area contributed by atoms with Crippen LogP contribution in [-0.2, 0) is 25.9 Å². The van der Waals surface area contributed by atoms with Crippen LogP contribution in [-0.4, -0.2) is 31.4 Å². The van der Waals surface area contributed by atoms with E-state index in [2.05, 4.69) is 26.8 Å². The Kier molecular flexibility index (Phi) is 6.04. The van der Waals surface area contributed by atoms with Crippen molar-refractivity contribution in [1.29, 1.82) is 0 Å². The Morgan fingerprint density at radius 1 is 1.14 bits per heavy atom. The second-order valence-electron chi connectivity index (χ2n) is 7.36. The van der Waals surface area contributed by atoms with E-state index >= 15 is 0 Å². The van der Waals surface area contributed by atoms with E-state index < -0.39 is 0 Å². The SMILES string of the molecule is CCCCc1nc(Cl)c(CN2CCc3nc(-c4ccc(Cl)cc4)[nH]c(=O)c3C2)[nH]1. The number of rotatable bonds is 6. The Morgan fingerprint density at radius 2 is 1.93 bits per heavy atom. The molecule has 0 spiro atoms. The fraction of sp³-hybridized carbons (Fsp3) is 0.381. The summed E-state index contributed by atoms with van der Waals surface area (Å²) in [6.07, 6.45) is 3.81. The highest BCUT2D eigenvalue weighted by Crippen LogP contribution is 2.23. The van der Waals surface area contributed by atoms with Crippen molar-refractivity contribution in [2.45, 2.75) is 45.7 Å². The van der Waals surface area contributed by atoms with Gasteiger partial charge in [0.2, 0.25) is 0 Å². The van der Waals surface area contributed by atoms with Gasteiger partial charge in [-0.05, 0) is 30.7 Å². The van der Waals surface area contributed by atoms with Crippen LogP contribution in [0, 0.1) is 0 Å². The van der Waals surface area contributed by atoms with Crippen molar-refractivity contribution in [3.05, 3.63) is 67.6 Å². The second-order valence-corrected chi connectivity index (χ2v) is 8.16. The molecule has 0 fully saturated rings. The summed E-state index contributed by atoms with van der Waals surface area (Å²) in [5.74, 6) is 1.51. The van der Waals surface area contributed by atoms with E-state index in [4.69, 9.17) is 28.2 Å². The number of fused-ring (bicyclic) bond motifs is 1. The average molecular weight is 432 g/mol. The molecule has 1 aromatic carbocycles. The van der Waals surface area contributed by atoms with Crippen LogP contribution in [0.25, 0.3) is 11.4 Å². The van der Waals surface area contributed by atoms with Crippen LogP contribution < -0.4 is 5.56 Å². The quantitative estimate of drug-likeness (QED) is 0.607. The third kappa shape index (κ3) is 4.55. The minimum atomic E-state index is -0.0935. The first kappa shape index (κ1) is 20.1. The molecule has 152 valence electrons. The van der Waals surface area contributed by atoms with Gasteiger partial charge in [0.1, 0.15) is 11.6 Å². The zero-order valence-electron chi connectivity index (χ0n) is 16.3. The summed E-state index contributed by atoms with van der Waals surface area (Å²) in [6, 6.07) is 7.30. The van der Waals surface area contributed by atoms with Crippen LogP contribution in [0.1, 0.15) is 42.5 Å². The van der Waals surface area contributed by atoms with Gasteiger partial charge in [-0.1, -0.05) is 36.5 Å². The maximum Gasteiger partial charge on any atom is 0.255 e. The maximum atomic E-state index is 12.7. The first-order valence-corrected chi connectivity index (χ1v) is 10.6. The largest absolute Gasteiger partial charge is 0.344 e. The van der Waals surface area contributed by atoms with Gasteiger partial charge >= 0.3 is 0 Å². The number of halogens is 2. The van der Waals surface area contributed by atoms with Crippen molar-refractivity contribution in [2.75, 3.05) is 6.54 Å². The second kappa shape index (κ2) is 8.69. The Balaban J connectivity index is 1.51. The Hall–Kier alpha value is -2.15. The minimum absolute atomic E-state index is 0.0935. The Labute approximate surface area is 179 Å². The topological polar surface area (TPSA) is 77.7 Å². The maximum absolute atomic E-state index is 12.7. The molecule has 0 saturated heterocycles. The smallest absolute Gasteiger partial charge is 0.255 e. The van der Waals surface area contributed by atoms with E-state index in [1.54, 1.807) is 12.1 Å². The number of aryl methyl sites for hydroxylation is 1. The molecule has 0 aliphatic carbocycles. The summed E-state index contributed by atoms with van der Waals surface area (Å²) in [5.41, 5.74) is 3.23. The van der Waals surface area contributed by atoms with Gasteiger partial charge in [0.25, 0.3) is 5.56 Å². The van der Waals surface area contributed by atoms with Crippen LogP contribution in [0.5, 0.6) is 0 Å². The number of nitrogens with zero attached hydrogens (tertiary/aromatic N) is 3. The number of unbranched alkanes of at least 4 members (excludes halogenated alkanes) is 1. The molecular weight excluding hydrogens is 409 g/mol. The summed E-state index contributed by atoms with van der Waals surface area (Å²) in [5, 5.41) is 1.17. The zero-order chi connectivity index (χ0) is 20.4. The number of aromatic nitrogens is 4. The summed E-state index contributed by atoms with van der Waals surface area (Å²) in [6.45, 7) is 4.14. The van der Waals surface area contributed by atoms with E-state index in [9.17, 15) is 4.79 Å². The number of aromatic amines is 2. The van der Waals surface area contributed by atoms with Gasteiger partial charge in [-0.2, -0.15) is 0 Å². The Morgan fingerprint density at radius 3 is 2.69 bits per heavy atom. The van der Waals surface area contributed by atoms with Crippen molar-refractivity contribution in [1.82, 2.24) is 24.8 Å². The van der Waals surface area contributed by atoms with Crippen LogP contribution in [0.3, 0.4) is 0 Å².